The lowest BCUT2D eigenvalue weighted by atomic mass is 9.94. The molecule has 3 nitrogen and oxygen atoms in total. The van der Waals surface area contributed by atoms with E-state index in [0.29, 0.717) is 0 Å². The van der Waals surface area contributed by atoms with Gasteiger partial charge in [0.1, 0.15) is 0 Å². The number of fused-ring (bicyclic) bond motifs is 10. The van der Waals surface area contributed by atoms with Gasteiger partial charge in [0.2, 0.25) is 0 Å². The third-order valence-electron chi connectivity index (χ3n) is 11.1. The van der Waals surface area contributed by atoms with E-state index < -0.39 is 0 Å². The van der Waals surface area contributed by atoms with E-state index in [9.17, 15) is 0 Å². The number of benzene rings is 8. The number of hydrogen-bond acceptors (Lipinski definition) is 2. The molecule has 53 heavy (non-hydrogen) atoms. The zero-order valence-electron chi connectivity index (χ0n) is 29.0. The Bertz CT molecular complexity index is 3080. The Labute approximate surface area is 307 Å². The average molecular weight is 676 g/mol. The minimum absolute atomic E-state index is 0.871. The first kappa shape index (κ1) is 29.8. The molecule has 11 rings (SSSR count). The largest absolute Gasteiger partial charge is 0.312 e. The lowest BCUT2D eigenvalue weighted by molar-refractivity contribution is 0.892. The van der Waals surface area contributed by atoms with Crippen molar-refractivity contribution >= 4 is 60.3 Å². The number of allylic oxidation sites excluding steroid dienone is 1. The number of aromatic nitrogens is 3. The molecule has 1 aliphatic rings. The third-order valence-corrected chi connectivity index (χ3v) is 11.1. The quantitative estimate of drug-likeness (QED) is 0.174. The normalized spacial score (nSPS) is 12.7. The van der Waals surface area contributed by atoms with Crippen molar-refractivity contribution in [2.45, 2.75) is 12.8 Å². The van der Waals surface area contributed by atoms with E-state index in [2.05, 4.69) is 174 Å². The van der Waals surface area contributed by atoms with Crippen LogP contribution in [0.4, 0.5) is 0 Å². The van der Waals surface area contributed by atoms with Crippen LogP contribution in [-0.2, 0) is 6.42 Å². The van der Waals surface area contributed by atoms with Crippen molar-refractivity contribution in [3.05, 3.63) is 181 Å². The van der Waals surface area contributed by atoms with Crippen LogP contribution in [0.3, 0.4) is 0 Å². The van der Waals surface area contributed by atoms with Crippen LogP contribution in [0.25, 0.3) is 99.5 Å². The minimum Gasteiger partial charge on any atom is -0.312 e. The molecular formula is C50H33N3. The first-order chi connectivity index (χ1) is 26.3. The maximum Gasteiger partial charge on any atom is 0.0979 e. The molecule has 0 saturated heterocycles. The van der Waals surface area contributed by atoms with Crippen LogP contribution in [-0.4, -0.2) is 14.5 Å². The Morgan fingerprint density at radius 1 is 0.472 bits per heavy atom. The Kier molecular flexibility index (Phi) is 6.68. The fourth-order valence-electron chi connectivity index (χ4n) is 8.64. The van der Waals surface area contributed by atoms with Crippen LogP contribution in [0, 0.1) is 0 Å². The van der Waals surface area contributed by atoms with Crippen LogP contribution in [0.1, 0.15) is 17.7 Å². The molecule has 2 aromatic heterocycles. The summed E-state index contributed by atoms with van der Waals surface area (Å²) in [6.45, 7) is 0. The van der Waals surface area contributed by atoms with Crippen molar-refractivity contribution in [3.8, 4) is 39.2 Å². The van der Waals surface area contributed by atoms with Crippen LogP contribution >= 0.6 is 0 Å². The van der Waals surface area contributed by atoms with Gasteiger partial charge in [0.05, 0.1) is 34.1 Å². The SMILES string of the molecule is C1=Cc2c(n(-c3ccc(-c4ccc(-c5cccc(-c6cnc7c8ccccc8c8ccccc8c7n6)c5)cc4)c4ccccc34)c3ccccc23)CC1. The summed E-state index contributed by atoms with van der Waals surface area (Å²) in [6, 6.07) is 57.0. The number of hydrogen-bond donors (Lipinski definition) is 0. The Balaban J connectivity index is 0.973. The van der Waals surface area contributed by atoms with Crippen molar-refractivity contribution in [3.63, 3.8) is 0 Å². The second kappa shape index (κ2) is 11.9. The molecule has 0 amide bonds. The second-order valence-corrected chi connectivity index (χ2v) is 14.0. The Morgan fingerprint density at radius 2 is 1.11 bits per heavy atom. The van der Waals surface area contributed by atoms with Gasteiger partial charge in [-0.05, 0) is 69.5 Å². The van der Waals surface area contributed by atoms with Crippen molar-refractivity contribution in [2.75, 3.05) is 0 Å². The number of rotatable bonds is 4. The molecule has 2 heterocycles. The van der Waals surface area contributed by atoms with Gasteiger partial charge in [0.25, 0.3) is 0 Å². The van der Waals surface area contributed by atoms with Gasteiger partial charge in [-0.25, -0.2) is 4.98 Å². The van der Waals surface area contributed by atoms with Gasteiger partial charge in [0.15, 0.2) is 0 Å². The van der Waals surface area contributed by atoms with E-state index in [1.165, 1.54) is 66.1 Å². The summed E-state index contributed by atoms with van der Waals surface area (Å²) in [5, 5.41) is 8.50. The molecule has 0 saturated carbocycles. The van der Waals surface area contributed by atoms with Gasteiger partial charge >= 0.3 is 0 Å². The maximum atomic E-state index is 5.24. The summed E-state index contributed by atoms with van der Waals surface area (Å²) in [5.41, 5.74) is 13.8. The Morgan fingerprint density at radius 3 is 1.91 bits per heavy atom. The zero-order valence-corrected chi connectivity index (χ0v) is 29.0. The molecule has 0 fully saturated rings. The lowest BCUT2D eigenvalue weighted by Crippen LogP contribution is -2.04. The zero-order chi connectivity index (χ0) is 34.9. The molecule has 0 bridgehead atoms. The highest BCUT2D eigenvalue weighted by Gasteiger charge is 2.20. The predicted octanol–water partition coefficient (Wildman–Crippen LogP) is 13.0. The van der Waals surface area contributed by atoms with Crippen molar-refractivity contribution < 1.29 is 0 Å². The van der Waals surface area contributed by atoms with Crippen LogP contribution in [0.2, 0.25) is 0 Å². The van der Waals surface area contributed by atoms with Crippen molar-refractivity contribution in [1.29, 1.82) is 0 Å². The molecule has 10 aromatic rings. The molecule has 0 unspecified atom stereocenters. The van der Waals surface area contributed by atoms with Crippen molar-refractivity contribution in [1.82, 2.24) is 14.5 Å². The van der Waals surface area contributed by atoms with Crippen LogP contribution in [0.15, 0.2) is 170 Å². The molecule has 3 heteroatoms. The average Bonchev–Trinajstić information content (AvgIpc) is 3.57. The standard InChI is InChI=1S/C50H33N3/c1-4-17-40-37(14-1)36(28-29-48(40)53-46-22-9-7-18-41(46)42-19-8-10-23-47(42)53)33-26-24-32(25-27-33)34-12-11-13-35(30-34)45-31-51-49-43-20-5-2-15-38(43)39-16-3-6-21-44(39)50(49)52-45/h1-9,11-22,24-31H,10,23H2. The molecule has 0 atom stereocenters. The third kappa shape index (κ3) is 4.67. The first-order valence-corrected chi connectivity index (χ1v) is 18.4. The fraction of sp³-hybridized carbons (Fsp3) is 0.0400. The van der Waals surface area contributed by atoms with Gasteiger partial charge in [-0.15, -0.1) is 0 Å². The monoisotopic (exact) mass is 675 g/mol. The predicted molar refractivity (Wildman–Crippen MR) is 223 cm³/mol. The van der Waals surface area contributed by atoms with Gasteiger partial charge in [-0.1, -0.05) is 152 Å². The van der Waals surface area contributed by atoms with Gasteiger partial charge in [-0.3, -0.25) is 4.98 Å². The second-order valence-electron chi connectivity index (χ2n) is 14.0. The van der Waals surface area contributed by atoms with Gasteiger partial charge in [-0.2, -0.15) is 0 Å². The molecule has 0 N–H and O–H groups in total. The van der Waals surface area contributed by atoms with Gasteiger partial charge in [0, 0.05) is 38.4 Å². The summed E-state index contributed by atoms with van der Waals surface area (Å²) < 4.78 is 2.50. The summed E-state index contributed by atoms with van der Waals surface area (Å²) in [4.78, 5) is 10.2. The number of para-hydroxylation sites is 1. The van der Waals surface area contributed by atoms with Crippen LogP contribution < -0.4 is 0 Å². The summed E-state index contributed by atoms with van der Waals surface area (Å²) >= 11 is 0. The molecule has 1 aliphatic carbocycles. The molecule has 0 aliphatic heterocycles. The summed E-state index contributed by atoms with van der Waals surface area (Å²) in [7, 11) is 0. The molecular weight excluding hydrogens is 643 g/mol. The van der Waals surface area contributed by atoms with Crippen LogP contribution in [0.5, 0.6) is 0 Å². The maximum absolute atomic E-state index is 5.24. The van der Waals surface area contributed by atoms with E-state index in [1.54, 1.807) is 0 Å². The lowest BCUT2D eigenvalue weighted by Gasteiger charge is -2.17. The van der Waals surface area contributed by atoms with E-state index in [1.807, 2.05) is 6.20 Å². The molecule has 0 radical (unpaired) electrons. The highest BCUT2D eigenvalue weighted by molar-refractivity contribution is 6.23. The minimum atomic E-state index is 0.871. The summed E-state index contributed by atoms with van der Waals surface area (Å²) in [5.74, 6) is 0. The molecule has 0 spiro atoms. The Hall–Kier alpha value is -6.84. The highest BCUT2D eigenvalue weighted by Crippen LogP contribution is 2.40. The fourth-order valence-corrected chi connectivity index (χ4v) is 8.64. The number of nitrogens with zero attached hydrogens (tertiary/aromatic N) is 3. The first-order valence-electron chi connectivity index (χ1n) is 18.4. The van der Waals surface area contributed by atoms with E-state index in [0.717, 1.165) is 51.5 Å². The smallest absolute Gasteiger partial charge is 0.0979 e. The summed E-state index contributed by atoms with van der Waals surface area (Å²) in [6.07, 6.45) is 8.65. The highest BCUT2D eigenvalue weighted by atomic mass is 15.0. The van der Waals surface area contributed by atoms with Gasteiger partial charge < -0.3 is 4.57 Å². The van der Waals surface area contributed by atoms with Crippen molar-refractivity contribution in [2.24, 2.45) is 0 Å². The molecule has 8 aromatic carbocycles. The molecule has 248 valence electrons. The van der Waals surface area contributed by atoms with E-state index in [4.69, 9.17) is 9.97 Å². The topological polar surface area (TPSA) is 30.7 Å². The van der Waals surface area contributed by atoms with E-state index >= 15 is 0 Å². The van der Waals surface area contributed by atoms with E-state index in [-0.39, 0.29) is 0 Å².